The summed E-state index contributed by atoms with van der Waals surface area (Å²) in [6.07, 6.45) is 0. The minimum Gasteiger partial charge on any atom is -0.497 e. The number of hydrogen-bond acceptors (Lipinski definition) is 7. The highest BCUT2D eigenvalue weighted by Gasteiger charge is 2.24. The van der Waals surface area contributed by atoms with Crippen LogP contribution in [0.1, 0.15) is 6.92 Å². The molecule has 1 atom stereocenters. The third kappa shape index (κ3) is 7.36. The molecule has 0 bridgehead atoms. The monoisotopic (exact) mass is 463 g/mol. The van der Waals surface area contributed by atoms with Gasteiger partial charge in [0.2, 0.25) is 15.9 Å². The summed E-state index contributed by atoms with van der Waals surface area (Å²) in [5.41, 5.74) is 0.501. The Morgan fingerprint density at radius 1 is 1.06 bits per heavy atom. The quantitative estimate of drug-likeness (QED) is 0.503. The number of benzene rings is 2. The van der Waals surface area contributed by atoms with E-state index in [4.69, 9.17) is 9.47 Å². The van der Waals surface area contributed by atoms with E-state index >= 15 is 0 Å². The predicted molar refractivity (Wildman–Crippen MR) is 116 cm³/mol. The molecule has 172 valence electrons. The van der Waals surface area contributed by atoms with Crippen molar-refractivity contribution in [3.05, 3.63) is 54.6 Å². The molecule has 0 aromatic heterocycles. The highest BCUT2D eigenvalue weighted by atomic mass is 32.2. The topological polar surface area (TPSA) is 131 Å². The molecule has 0 spiro atoms. The molecule has 2 amide bonds. The van der Waals surface area contributed by atoms with E-state index in [1.165, 1.54) is 33.2 Å². The third-order valence-electron chi connectivity index (χ3n) is 4.24. The second-order valence-corrected chi connectivity index (χ2v) is 8.51. The molecule has 0 saturated heterocycles. The number of methoxy groups -OCH3 is 1. The normalized spacial score (nSPS) is 11.8. The van der Waals surface area contributed by atoms with Gasteiger partial charge in [-0.25, -0.2) is 8.42 Å². The van der Waals surface area contributed by atoms with E-state index in [1.807, 2.05) is 0 Å². The van der Waals surface area contributed by atoms with Crippen LogP contribution in [-0.2, 0) is 29.1 Å². The summed E-state index contributed by atoms with van der Waals surface area (Å²) in [6, 6.07) is 13.0. The zero-order chi connectivity index (χ0) is 23.7. The van der Waals surface area contributed by atoms with Gasteiger partial charge in [0.15, 0.2) is 6.61 Å². The molecule has 0 fully saturated rings. The van der Waals surface area contributed by atoms with Gasteiger partial charge < -0.3 is 19.7 Å². The molecule has 2 N–H and O–H groups in total. The summed E-state index contributed by atoms with van der Waals surface area (Å²) >= 11 is 0. The molecule has 0 aliphatic heterocycles. The van der Waals surface area contributed by atoms with Crippen LogP contribution in [-0.4, -0.2) is 64.5 Å². The first-order valence-electron chi connectivity index (χ1n) is 9.54. The molecule has 10 nitrogen and oxygen atoms in total. The zero-order valence-corrected chi connectivity index (χ0v) is 18.7. The fourth-order valence-corrected chi connectivity index (χ4v) is 3.73. The summed E-state index contributed by atoms with van der Waals surface area (Å²) in [4.78, 5) is 37.5. The van der Waals surface area contributed by atoms with Crippen LogP contribution in [0.3, 0.4) is 0 Å². The molecule has 0 unspecified atom stereocenters. The first-order chi connectivity index (χ1) is 15.1. The average Bonchev–Trinajstić information content (AvgIpc) is 2.77. The Hall–Kier alpha value is -3.44. The minimum atomic E-state index is -3.92. The van der Waals surface area contributed by atoms with Crippen molar-refractivity contribution in [1.29, 1.82) is 0 Å². The van der Waals surface area contributed by atoms with E-state index in [1.54, 1.807) is 42.5 Å². The van der Waals surface area contributed by atoms with E-state index in [0.717, 1.165) is 4.90 Å². The Balaban J connectivity index is 1.81. The van der Waals surface area contributed by atoms with Crippen LogP contribution in [0.25, 0.3) is 0 Å². The van der Waals surface area contributed by atoms with E-state index in [9.17, 15) is 22.8 Å². The number of ether oxygens (including phenoxy) is 2. The van der Waals surface area contributed by atoms with Crippen LogP contribution in [0.15, 0.2) is 59.5 Å². The maximum absolute atomic E-state index is 12.3. The lowest BCUT2D eigenvalue weighted by Gasteiger charge is -2.18. The SMILES string of the molecule is COc1cccc(NC(=O)CN(C)C(=O)COC(=O)[C@H](C)NS(=O)(=O)c2ccccc2)c1. The number of sulfonamides is 1. The minimum absolute atomic E-state index is 0.00231. The number of nitrogens with one attached hydrogen (secondary N) is 2. The Kier molecular flexibility index (Phi) is 8.73. The number of amides is 2. The molecule has 0 radical (unpaired) electrons. The second-order valence-electron chi connectivity index (χ2n) is 6.79. The standard InChI is InChI=1S/C21H25N3O7S/c1-15(23-32(28,29)18-10-5-4-6-11-18)21(27)31-14-20(26)24(2)13-19(25)22-16-8-7-9-17(12-16)30-3/h4-12,15,23H,13-14H2,1-3H3,(H,22,25)/t15-/m0/s1. The summed E-state index contributed by atoms with van der Waals surface area (Å²) in [5.74, 6) is -1.44. The summed E-state index contributed by atoms with van der Waals surface area (Å²) in [6.45, 7) is 0.390. The number of rotatable bonds is 10. The second kappa shape index (κ2) is 11.3. The molecule has 0 heterocycles. The van der Waals surface area contributed by atoms with E-state index in [2.05, 4.69) is 10.0 Å². The van der Waals surface area contributed by atoms with Crippen molar-refractivity contribution in [1.82, 2.24) is 9.62 Å². The molecule has 2 aromatic carbocycles. The predicted octanol–water partition coefficient (Wildman–Crippen LogP) is 1.00. The fraction of sp³-hybridized carbons (Fsp3) is 0.286. The van der Waals surface area contributed by atoms with E-state index in [-0.39, 0.29) is 11.4 Å². The van der Waals surface area contributed by atoms with Crippen LogP contribution >= 0.6 is 0 Å². The number of likely N-dealkylation sites (N-methyl/N-ethyl adjacent to an activating group) is 1. The van der Waals surface area contributed by atoms with Gasteiger partial charge in [-0.3, -0.25) is 14.4 Å². The summed E-state index contributed by atoms with van der Waals surface area (Å²) < 4.78 is 36.7. The van der Waals surface area contributed by atoms with Crippen molar-refractivity contribution >= 4 is 33.5 Å². The number of anilines is 1. The van der Waals surface area contributed by atoms with Crippen molar-refractivity contribution in [2.24, 2.45) is 0 Å². The maximum atomic E-state index is 12.3. The Bertz CT molecular complexity index is 1060. The average molecular weight is 464 g/mol. The molecular weight excluding hydrogens is 438 g/mol. The van der Waals surface area contributed by atoms with Gasteiger partial charge in [-0.15, -0.1) is 0 Å². The maximum Gasteiger partial charge on any atom is 0.324 e. The molecule has 32 heavy (non-hydrogen) atoms. The number of carbonyl (C=O) groups is 3. The van der Waals surface area contributed by atoms with Crippen molar-refractivity contribution in [2.75, 3.05) is 32.6 Å². The lowest BCUT2D eigenvalue weighted by molar-refractivity contribution is -0.152. The molecular formula is C21H25N3O7S. The highest BCUT2D eigenvalue weighted by Crippen LogP contribution is 2.16. The lowest BCUT2D eigenvalue weighted by atomic mass is 10.3. The van der Waals surface area contributed by atoms with Gasteiger partial charge in [-0.05, 0) is 31.2 Å². The van der Waals surface area contributed by atoms with Gasteiger partial charge in [0.25, 0.3) is 5.91 Å². The molecule has 0 aliphatic carbocycles. The number of carbonyl (C=O) groups excluding carboxylic acids is 3. The number of esters is 1. The van der Waals surface area contributed by atoms with Crippen molar-refractivity contribution < 1.29 is 32.3 Å². The number of nitrogens with zero attached hydrogens (tertiary/aromatic N) is 1. The molecule has 11 heteroatoms. The Labute approximate surface area is 186 Å². The molecule has 0 saturated carbocycles. The lowest BCUT2D eigenvalue weighted by Crippen LogP contribution is -2.42. The van der Waals surface area contributed by atoms with Crippen molar-refractivity contribution in [2.45, 2.75) is 17.9 Å². The van der Waals surface area contributed by atoms with Gasteiger partial charge in [0.1, 0.15) is 11.8 Å². The van der Waals surface area contributed by atoms with E-state index in [0.29, 0.717) is 11.4 Å². The first-order valence-corrected chi connectivity index (χ1v) is 11.0. The summed E-state index contributed by atoms with van der Waals surface area (Å²) in [5, 5.41) is 2.63. The molecule has 2 aromatic rings. The smallest absolute Gasteiger partial charge is 0.324 e. The van der Waals surface area contributed by atoms with Crippen LogP contribution in [0.2, 0.25) is 0 Å². The van der Waals surface area contributed by atoms with Crippen LogP contribution in [0.5, 0.6) is 5.75 Å². The Morgan fingerprint density at radius 2 is 1.75 bits per heavy atom. The molecule has 2 rings (SSSR count). The Morgan fingerprint density at radius 3 is 2.41 bits per heavy atom. The van der Waals surface area contributed by atoms with Crippen LogP contribution in [0, 0.1) is 0 Å². The fourth-order valence-electron chi connectivity index (χ4n) is 2.52. The van der Waals surface area contributed by atoms with Crippen molar-refractivity contribution in [3.8, 4) is 5.75 Å². The number of hydrogen-bond donors (Lipinski definition) is 2. The molecule has 0 aliphatic rings. The first kappa shape index (κ1) is 24.8. The zero-order valence-electron chi connectivity index (χ0n) is 17.9. The van der Waals surface area contributed by atoms with Gasteiger partial charge in [-0.1, -0.05) is 24.3 Å². The van der Waals surface area contributed by atoms with Gasteiger partial charge in [0, 0.05) is 18.8 Å². The summed E-state index contributed by atoms with van der Waals surface area (Å²) in [7, 11) is -1.04. The third-order valence-corrected chi connectivity index (χ3v) is 5.79. The highest BCUT2D eigenvalue weighted by molar-refractivity contribution is 7.89. The van der Waals surface area contributed by atoms with Gasteiger partial charge in [-0.2, -0.15) is 4.72 Å². The van der Waals surface area contributed by atoms with Gasteiger partial charge in [0.05, 0.1) is 18.6 Å². The van der Waals surface area contributed by atoms with Crippen LogP contribution < -0.4 is 14.8 Å². The van der Waals surface area contributed by atoms with Crippen molar-refractivity contribution in [3.63, 3.8) is 0 Å². The largest absolute Gasteiger partial charge is 0.497 e. The van der Waals surface area contributed by atoms with Crippen LogP contribution in [0.4, 0.5) is 5.69 Å². The van der Waals surface area contributed by atoms with E-state index < -0.39 is 40.5 Å². The van der Waals surface area contributed by atoms with Gasteiger partial charge >= 0.3 is 5.97 Å².